The fourth-order valence-corrected chi connectivity index (χ4v) is 4.43. The summed E-state index contributed by atoms with van der Waals surface area (Å²) in [5.74, 6) is -0.0124. The lowest BCUT2D eigenvalue weighted by Crippen LogP contribution is -2.20. The Morgan fingerprint density at radius 1 is 1.03 bits per heavy atom. The summed E-state index contributed by atoms with van der Waals surface area (Å²) in [7, 11) is 1.79. The number of ketones is 1. The zero-order valence-corrected chi connectivity index (χ0v) is 19.2. The number of aromatic nitrogens is 1. The average Bonchev–Trinajstić information content (AvgIpc) is 2.72. The third-order valence-electron chi connectivity index (χ3n) is 5.96. The average molecular weight is 414 g/mol. The Labute approximate surface area is 185 Å². The van der Waals surface area contributed by atoms with Crippen LogP contribution in [0.2, 0.25) is 0 Å². The summed E-state index contributed by atoms with van der Waals surface area (Å²) in [6.45, 7) is 12.1. The smallest absolute Gasteiger partial charge is 0.253 e. The fraction of sp³-hybridized carbons (Fsp3) is 0.286. The van der Waals surface area contributed by atoms with Crippen LogP contribution in [0.4, 0.5) is 0 Å². The molecule has 2 aromatic carbocycles. The minimum atomic E-state index is -0.0124. The maximum Gasteiger partial charge on any atom is 0.253 e. The maximum atomic E-state index is 12.5. The van der Waals surface area contributed by atoms with E-state index in [0.717, 1.165) is 34.2 Å². The molecule has 0 saturated heterocycles. The van der Waals surface area contributed by atoms with Gasteiger partial charge in [0.2, 0.25) is 0 Å². The first-order valence-electron chi connectivity index (χ1n) is 10.8. The van der Waals surface area contributed by atoms with Gasteiger partial charge in [0.15, 0.2) is 5.78 Å². The van der Waals surface area contributed by atoms with Crippen LogP contribution in [0.3, 0.4) is 0 Å². The number of allylic oxidation sites excluding steroid dienone is 1. The molecule has 3 aromatic rings. The lowest BCUT2D eigenvalue weighted by molar-refractivity contribution is -0.114. The van der Waals surface area contributed by atoms with Gasteiger partial charge in [0.1, 0.15) is 0 Å². The molecule has 0 aliphatic carbocycles. The van der Waals surface area contributed by atoms with E-state index in [-0.39, 0.29) is 11.3 Å². The van der Waals surface area contributed by atoms with Gasteiger partial charge in [0.25, 0.3) is 5.56 Å². The number of carbonyl (C=O) groups excluding carboxylic acids is 1. The molecule has 0 spiro atoms. The molecule has 160 valence electrons. The molecule has 0 fully saturated rings. The normalized spacial score (nSPS) is 10.9. The summed E-state index contributed by atoms with van der Waals surface area (Å²) >= 11 is 0. The van der Waals surface area contributed by atoms with Crippen molar-refractivity contribution in [1.82, 2.24) is 4.57 Å². The third-order valence-corrected chi connectivity index (χ3v) is 5.96. The number of aryl methyl sites for hydroxylation is 5. The lowest BCUT2D eigenvalue weighted by Gasteiger charge is -2.19. The number of nitrogens with zero attached hydrogens (tertiary/aromatic N) is 1. The summed E-state index contributed by atoms with van der Waals surface area (Å²) in [6, 6.07) is 12.6. The molecule has 0 bridgehead atoms. The molecule has 31 heavy (non-hydrogen) atoms. The van der Waals surface area contributed by atoms with Crippen molar-refractivity contribution >= 4 is 5.78 Å². The highest BCUT2D eigenvalue weighted by atomic mass is 16.1. The Kier molecular flexibility index (Phi) is 6.74. The SMILES string of the molecule is C=CC(=O)Cc1cccc(Cc2c(C)cc(C)cc2C)c1-c1cc(CC)c(=O)n(C)c1. The summed E-state index contributed by atoms with van der Waals surface area (Å²) < 4.78 is 1.65. The van der Waals surface area contributed by atoms with E-state index in [1.165, 1.54) is 28.3 Å². The second kappa shape index (κ2) is 9.30. The van der Waals surface area contributed by atoms with E-state index in [4.69, 9.17) is 0 Å². The lowest BCUT2D eigenvalue weighted by atomic mass is 9.86. The van der Waals surface area contributed by atoms with E-state index in [9.17, 15) is 9.59 Å². The molecular weight excluding hydrogens is 382 g/mol. The van der Waals surface area contributed by atoms with Crippen molar-refractivity contribution in [3.05, 3.63) is 105 Å². The molecule has 1 heterocycles. The standard InChI is InChI=1S/C28H31NO2/c1-7-21-14-24(17-29(6)28(21)31)27-22(15-25(30)8-2)10-9-11-23(27)16-26-19(4)12-18(3)13-20(26)5/h8-14,17H,2,7,15-16H2,1,3-6H3. The molecule has 0 aliphatic rings. The minimum absolute atomic E-state index is 0.0124. The van der Waals surface area contributed by atoms with Crippen LogP contribution in [0, 0.1) is 20.8 Å². The van der Waals surface area contributed by atoms with Crippen molar-refractivity contribution in [3.63, 3.8) is 0 Å². The number of hydrogen-bond acceptors (Lipinski definition) is 2. The Balaban J connectivity index is 2.25. The first kappa shape index (κ1) is 22.5. The predicted molar refractivity (Wildman–Crippen MR) is 129 cm³/mol. The molecular formula is C28H31NO2. The van der Waals surface area contributed by atoms with Crippen LogP contribution in [0.25, 0.3) is 11.1 Å². The highest BCUT2D eigenvalue weighted by Crippen LogP contribution is 2.32. The molecule has 0 unspecified atom stereocenters. The Morgan fingerprint density at radius 2 is 1.68 bits per heavy atom. The van der Waals surface area contributed by atoms with E-state index in [2.05, 4.69) is 45.5 Å². The number of carbonyl (C=O) groups is 1. The van der Waals surface area contributed by atoms with Crippen LogP contribution < -0.4 is 5.56 Å². The maximum absolute atomic E-state index is 12.5. The van der Waals surface area contributed by atoms with Crippen molar-refractivity contribution < 1.29 is 4.79 Å². The minimum Gasteiger partial charge on any atom is -0.318 e. The predicted octanol–water partition coefficient (Wildman–Crippen LogP) is 5.43. The third kappa shape index (κ3) is 4.77. The Morgan fingerprint density at radius 3 is 2.29 bits per heavy atom. The van der Waals surface area contributed by atoms with Gasteiger partial charge in [-0.2, -0.15) is 0 Å². The molecule has 3 heteroatoms. The molecule has 0 radical (unpaired) electrons. The Hall–Kier alpha value is -3.20. The number of rotatable bonds is 7. The zero-order chi connectivity index (χ0) is 22.7. The summed E-state index contributed by atoms with van der Waals surface area (Å²) in [5.41, 5.74) is 10.0. The number of pyridine rings is 1. The zero-order valence-electron chi connectivity index (χ0n) is 19.2. The first-order chi connectivity index (χ1) is 14.7. The summed E-state index contributed by atoms with van der Waals surface area (Å²) in [4.78, 5) is 24.7. The van der Waals surface area contributed by atoms with Crippen molar-refractivity contribution in [2.75, 3.05) is 0 Å². The van der Waals surface area contributed by atoms with Crippen LogP contribution in [0.1, 0.15) is 45.9 Å². The van der Waals surface area contributed by atoms with E-state index >= 15 is 0 Å². The molecule has 0 N–H and O–H groups in total. The van der Waals surface area contributed by atoms with Gasteiger partial charge in [-0.15, -0.1) is 0 Å². The van der Waals surface area contributed by atoms with E-state index < -0.39 is 0 Å². The van der Waals surface area contributed by atoms with Gasteiger partial charge in [-0.1, -0.05) is 49.4 Å². The molecule has 0 amide bonds. The molecule has 3 rings (SSSR count). The van der Waals surface area contributed by atoms with E-state index in [1.807, 2.05) is 31.3 Å². The Bertz CT molecular complexity index is 1190. The van der Waals surface area contributed by atoms with Gasteiger partial charge < -0.3 is 4.57 Å². The fourth-order valence-electron chi connectivity index (χ4n) is 4.43. The second-order valence-corrected chi connectivity index (χ2v) is 8.38. The highest BCUT2D eigenvalue weighted by Gasteiger charge is 2.17. The number of benzene rings is 2. The summed E-state index contributed by atoms with van der Waals surface area (Å²) in [5, 5.41) is 0. The molecule has 0 atom stereocenters. The summed E-state index contributed by atoms with van der Waals surface area (Å²) in [6.07, 6.45) is 5.00. The van der Waals surface area contributed by atoms with E-state index in [1.54, 1.807) is 11.6 Å². The van der Waals surface area contributed by atoms with Crippen LogP contribution in [0.15, 0.2) is 60.0 Å². The topological polar surface area (TPSA) is 39.1 Å². The van der Waals surface area contributed by atoms with Crippen LogP contribution >= 0.6 is 0 Å². The molecule has 0 aliphatic heterocycles. The van der Waals surface area contributed by atoms with E-state index in [0.29, 0.717) is 12.8 Å². The largest absolute Gasteiger partial charge is 0.318 e. The quantitative estimate of drug-likeness (QED) is 0.485. The van der Waals surface area contributed by atoms with Crippen LogP contribution in [-0.2, 0) is 31.1 Å². The van der Waals surface area contributed by atoms with Gasteiger partial charge >= 0.3 is 0 Å². The second-order valence-electron chi connectivity index (χ2n) is 8.38. The van der Waals surface area contributed by atoms with Crippen molar-refractivity contribution in [3.8, 4) is 11.1 Å². The highest BCUT2D eigenvalue weighted by molar-refractivity contribution is 5.92. The van der Waals surface area contributed by atoms with Gasteiger partial charge in [-0.3, -0.25) is 9.59 Å². The van der Waals surface area contributed by atoms with Crippen LogP contribution in [0.5, 0.6) is 0 Å². The van der Waals surface area contributed by atoms with Gasteiger partial charge in [0, 0.05) is 25.2 Å². The van der Waals surface area contributed by atoms with Gasteiger partial charge in [-0.25, -0.2) is 0 Å². The van der Waals surface area contributed by atoms with Crippen LogP contribution in [-0.4, -0.2) is 10.4 Å². The first-order valence-corrected chi connectivity index (χ1v) is 10.8. The molecule has 3 nitrogen and oxygen atoms in total. The molecule has 0 saturated carbocycles. The van der Waals surface area contributed by atoms with Gasteiger partial charge in [-0.05, 0) is 84.7 Å². The van der Waals surface area contributed by atoms with Crippen molar-refractivity contribution in [1.29, 1.82) is 0 Å². The van der Waals surface area contributed by atoms with Gasteiger partial charge in [0.05, 0.1) is 0 Å². The van der Waals surface area contributed by atoms with Crippen molar-refractivity contribution in [2.24, 2.45) is 7.05 Å². The number of hydrogen-bond donors (Lipinski definition) is 0. The molecule has 1 aromatic heterocycles. The van der Waals surface area contributed by atoms with Crippen molar-refractivity contribution in [2.45, 2.75) is 47.0 Å². The monoisotopic (exact) mass is 413 g/mol.